The highest BCUT2D eigenvalue weighted by molar-refractivity contribution is 5.74. The van der Waals surface area contributed by atoms with Crippen molar-refractivity contribution < 1.29 is 23.8 Å². The highest BCUT2D eigenvalue weighted by Crippen LogP contribution is 2.25. The van der Waals surface area contributed by atoms with Gasteiger partial charge in [-0.15, -0.1) is 0 Å². The van der Waals surface area contributed by atoms with Gasteiger partial charge in [0, 0.05) is 12.6 Å². The van der Waals surface area contributed by atoms with Gasteiger partial charge in [-0.25, -0.2) is 4.79 Å². The first kappa shape index (κ1) is 17.3. The molecular weight excluding hydrogens is 300 g/mol. The van der Waals surface area contributed by atoms with E-state index in [0.29, 0.717) is 18.8 Å². The van der Waals surface area contributed by atoms with Crippen LogP contribution in [0.15, 0.2) is 22.8 Å². The maximum absolute atomic E-state index is 11.9. The number of carbonyl (C=O) groups is 2. The van der Waals surface area contributed by atoms with Crippen molar-refractivity contribution in [3.8, 4) is 0 Å². The molecule has 0 spiro atoms. The summed E-state index contributed by atoms with van der Waals surface area (Å²) >= 11 is 0. The van der Waals surface area contributed by atoms with Gasteiger partial charge in [0.15, 0.2) is 6.04 Å². The lowest BCUT2D eigenvalue weighted by atomic mass is 10.0. The van der Waals surface area contributed by atoms with Crippen molar-refractivity contribution in [1.29, 1.82) is 0 Å². The van der Waals surface area contributed by atoms with Gasteiger partial charge in [-0.3, -0.25) is 9.69 Å². The van der Waals surface area contributed by atoms with E-state index in [9.17, 15) is 14.7 Å². The van der Waals surface area contributed by atoms with E-state index in [4.69, 9.17) is 9.15 Å². The standard InChI is InChI=1S/C16H24N2O5/c1-16(2,3)23-15(21)17-11-6-4-8-18(10-11)13(14(19)20)12-7-5-9-22-12/h5,7,9,11,13H,4,6,8,10H2,1-3H3,(H,17,21)(H,19,20)/t11-,13+/m1/s1. The number of carbonyl (C=O) groups excluding carboxylic acids is 1. The van der Waals surface area contributed by atoms with E-state index in [-0.39, 0.29) is 6.04 Å². The van der Waals surface area contributed by atoms with Gasteiger partial charge >= 0.3 is 12.1 Å². The molecule has 0 aromatic carbocycles. The minimum absolute atomic E-state index is 0.143. The quantitative estimate of drug-likeness (QED) is 0.883. The summed E-state index contributed by atoms with van der Waals surface area (Å²) in [5, 5.41) is 12.3. The fourth-order valence-corrected chi connectivity index (χ4v) is 2.74. The van der Waals surface area contributed by atoms with Crippen LogP contribution in [0.5, 0.6) is 0 Å². The summed E-state index contributed by atoms with van der Waals surface area (Å²) in [5.74, 6) is -0.562. The minimum Gasteiger partial charge on any atom is -0.480 e. The van der Waals surface area contributed by atoms with Crippen LogP contribution in [0.1, 0.15) is 45.4 Å². The van der Waals surface area contributed by atoms with Crippen LogP contribution in [-0.4, -0.2) is 46.8 Å². The third kappa shape index (κ3) is 4.99. The number of ether oxygens (including phenoxy) is 1. The number of aliphatic carboxylic acids is 1. The summed E-state index contributed by atoms with van der Waals surface area (Å²) in [5.41, 5.74) is -0.559. The Morgan fingerprint density at radius 2 is 2.22 bits per heavy atom. The lowest BCUT2D eigenvalue weighted by molar-refractivity contribution is -0.144. The summed E-state index contributed by atoms with van der Waals surface area (Å²) < 4.78 is 10.5. The molecule has 7 heteroatoms. The summed E-state index contributed by atoms with van der Waals surface area (Å²) in [4.78, 5) is 25.3. The van der Waals surface area contributed by atoms with Gasteiger partial charge in [-0.2, -0.15) is 0 Å². The Labute approximate surface area is 135 Å². The van der Waals surface area contributed by atoms with Gasteiger partial charge in [0.25, 0.3) is 0 Å². The largest absolute Gasteiger partial charge is 0.480 e. The first-order chi connectivity index (χ1) is 10.8. The van der Waals surface area contributed by atoms with Gasteiger partial charge in [-0.1, -0.05) is 0 Å². The van der Waals surface area contributed by atoms with E-state index in [1.165, 1.54) is 6.26 Å². The summed E-state index contributed by atoms with van der Waals surface area (Å²) in [6.07, 6.45) is 2.57. The van der Waals surface area contributed by atoms with Crippen molar-refractivity contribution in [3.05, 3.63) is 24.2 Å². The highest BCUT2D eigenvalue weighted by Gasteiger charge is 2.34. The summed E-state index contributed by atoms with van der Waals surface area (Å²) in [6.45, 7) is 6.49. The topological polar surface area (TPSA) is 92.0 Å². The molecular formula is C16H24N2O5. The number of alkyl carbamates (subject to hydrolysis) is 1. The van der Waals surface area contributed by atoms with Crippen LogP contribution in [-0.2, 0) is 9.53 Å². The number of carboxylic acid groups (broad SMARTS) is 1. The Bertz CT molecular complexity index is 535. The molecule has 7 nitrogen and oxygen atoms in total. The molecule has 2 atom stereocenters. The molecule has 1 aliphatic heterocycles. The number of nitrogens with zero attached hydrogens (tertiary/aromatic N) is 1. The molecule has 0 saturated carbocycles. The van der Waals surface area contributed by atoms with Crippen LogP contribution in [0, 0.1) is 0 Å². The molecule has 0 bridgehead atoms. The van der Waals surface area contributed by atoms with Crippen LogP contribution in [0.25, 0.3) is 0 Å². The second-order valence-electron chi connectivity index (χ2n) is 6.74. The van der Waals surface area contributed by atoms with Crippen molar-refractivity contribution in [2.24, 2.45) is 0 Å². The molecule has 1 aromatic heterocycles. The van der Waals surface area contributed by atoms with Gasteiger partial charge in [-0.05, 0) is 52.3 Å². The van der Waals surface area contributed by atoms with E-state index in [0.717, 1.165) is 12.8 Å². The smallest absolute Gasteiger partial charge is 0.407 e. The van der Waals surface area contributed by atoms with E-state index in [1.807, 2.05) is 4.90 Å². The second-order valence-corrected chi connectivity index (χ2v) is 6.74. The molecule has 1 fully saturated rings. The van der Waals surface area contributed by atoms with Crippen LogP contribution in [0.3, 0.4) is 0 Å². The van der Waals surface area contributed by atoms with E-state index < -0.39 is 23.7 Å². The van der Waals surface area contributed by atoms with Crippen molar-refractivity contribution in [2.75, 3.05) is 13.1 Å². The zero-order chi connectivity index (χ0) is 17.0. The Balaban J connectivity index is 1.99. The zero-order valence-electron chi connectivity index (χ0n) is 13.7. The maximum atomic E-state index is 11.9. The minimum atomic E-state index is -0.960. The normalized spacial score (nSPS) is 20.7. The first-order valence-electron chi connectivity index (χ1n) is 7.76. The molecule has 2 heterocycles. The molecule has 1 amide bonds. The Morgan fingerprint density at radius 3 is 2.78 bits per heavy atom. The maximum Gasteiger partial charge on any atom is 0.407 e. The number of furan rings is 1. The van der Waals surface area contributed by atoms with Crippen LogP contribution < -0.4 is 5.32 Å². The molecule has 0 unspecified atom stereocenters. The van der Waals surface area contributed by atoms with Crippen molar-refractivity contribution in [2.45, 2.75) is 51.3 Å². The monoisotopic (exact) mass is 324 g/mol. The van der Waals surface area contributed by atoms with Crippen molar-refractivity contribution in [1.82, 2.24) is 10.2 Å². The second kappa shape index (κ2) is 7.04. The molecule has 1 aliphatic rings. The fraction of sp³-hybridized carbons (Fsp3) is 0.625. The predicted molar refractivity (Wildman–Crippen MR) is 83.0 cm³/mol. The van der Waals surface area contributed by atoms with Gasteiger partial charge in [0.2, 0.25) is 0 Å². The number of carboxylic acids is 1. The van der Waals surface area contributed by atoms with E-state index in [2.05, 4.69) is 5.32 Å². The molecule has 128 valence electrons. The average Bonchev–Trinajstić information content (AvgIpc) is 2.90. The predicted octanol–water partition coefficient (Wildman–Crippen LogP) is 2.39. The molecule has 1 saturated heterocycles. The zero-order valence-corrected chi connectivity index (χ0v) is 13.7. The van der Waals surface area contributed by atoms with Crippen LogP contribution in [0.2, 0.25) is 0 Å². The van der Waals surface area contributed by atoms with E-state index in [1.54, 1.807) is 32.9 Å². The summed E-state index contributed by atoms with van der Waals surface area (Å²) in [6, 6.07) is 2.35. The molecule has 2 rings (SSSR count). The fourth-order valence-electron chi connectivity index (χ4n) is 2.74. The Kier molecular flexibility index (Phi) is 5.30. The number of piperidine rings is 1. The SMILES string of the molecule is CC(C)(C)OC(=O)N[C@@H]1CCCN([C@H](C(=O)O)c2ccco2)C1. The molecule has 0 radical (unpaired) electrons. The van der Waals surface area contributed by atoms with Crippen LogP contribution in [0.4, 0.5) is 4.79 Å². The number of likely N-dealkylation sites (tertiary alicyclic amines) is 1. The lowest BCUT2D eigenvalue weighted by Crippen LogP contribution is -2.50. The first-order valence-corrected chi connectivity index (χ1v) is 7.76. The molecule has 0 aliphatic carbocycles. The Morgan fingerprint density at radius 1 is 1.48 bits per heavy atom. The number of hydrogen-bond acceptors (Lipinski definition) is 5. The molecule has 23 heavy (non-hydrogen) atoms. The number of rotatable bonds is 4. The van der Waals surface area contributed by atoms with Gasteiger partial charge < -0.3 is 19.6 Å². The highest BCUT2D eigenvalue weighted by atomic mass is 16.6. The third-order valence-corrected chi connectivity index (χ3v) is 3.59. The number of nitrogens with one attached hydrogen (secondary N) is 1. The average molecular weight is 324 g/mol. The lowest BCUT2D eigenvalue weighted by Gasteiger charge is -2.36. The van der Waals surface area contributed by atoms with Gasteiger partial charge in [0.05, 0.1) is 6.26 Å². The molecule has 2 N–H and O–H groups in total. The Hall–Kier alpha value is -2.02. The van der Waals surface area contributed by atoms with Gasteiger partial charge in [0.1, 0.15) is 11.4 Å². The number of amides is 1. The van der Waals surface area contributed by atoms with Crippen LogP contribution >= 0.6 is 0 Å². The molecule has 1 aromatic rings. The van der Waals surface area contributed by atoms with E-state index >= 15 is 0 Å². The third-order valence-electron chi connectivity index (χ3n) is 3.59. The summed E-state index contributed by atoms with van der Waals surface area (Å²) in [7, 11) is 0. The number of hydrogen-bond donors (Lipinski definition) is 2. The van der Waals surface area contributed by atoms with Crippen molar-refractivity contribution >= 4 is 12.1 Å². The van der Waals surface area contributed by atoms with Crippen molar-refractivity contribution in [3.63, 3.8) is 0 Å².